The number of methoxy groups -OCH3 is 1. The maximum absolute atomic E-state index is 13.0. The van der Waals surface area contributed by atoms with Gasteiger partial charge in [0.2, 0.25) is 0 Å². The molecule has 246 valence electrons. The Morgan fingerprint density at radius 2 is 1.76 bits per heavy atom. The molecule has 0 aliphatic rings. The second-order valence-electron chi connectivity index (χ2n) is 14.5. The number of benzene rings is 1. The number of nitrogens with zero attached hydrogens (tertiary/aromatic N) is 4. The highest BCUT2D eigenvalue weighted by Gasteiger charge is 2.31. The lowest BCUT2D eigenvalue weighted by molar-refractivity contribution is 0.0377. The third-order valence-corrected chi connectivity index (χ3v) is 11.0. The van der Waals surface area contributed by atoms with Crippen LogP contribution in [0.25, 0.3) is 33.6 Å². The fourth-order valence-corrected chi connectivity index (χ4v) is 6.49. The summed E-state index contributed by atoms with van der Waals surface area (Å²) >= 11 is 0. The first kappa shape index (κ1) is 34.8. The third-order valence-electron chi connectivity index (χ3n) is 7.47. The molecule has 1 N–H and O–H groups in total. The van der Waals surface area contributed by atoms with Gasteiger partial charge in [0.05, 0.1) is 57.0 Å². The Kier molecular flexibility index (Phi) is 10.0. The van der Waals surface area contributed by atoms with Crippen LogP contribution in [0.2, 0.25) is 25.7 Å². The molecule has 1 aromatic carbocycles. The Hall–Kier alpha value is -3.06. The van der Waals surface area contributed by atoms with Crippen molar-refractivity contribution in [2.75, 3.05) is 13.7 Å². The summed E-state index contributed by atoms with van der Waals surface area (Å²) in [5, 5.41) is 0.926. The van der Waals surface area contributed by atoms with Crippen molar-refractivity contribution in [2.24, 2.45) is 7.05 Å². The molecule has 0 amide bonds. The molecule has 0 fully saturated rings. The SMILES string of the molecule is COc1cc(C(=O)OC(C)C)cc2nc(-c3cc4ccc(C(C)(C)N[S@@](=O)C(C)(C)C)nc4n3COCC[Si](C)(C)C)n(C)c12. The first-order valence-electron chi connectivity index (χ1n) is 15.4. The lowest BCUT2D eigenvalue weighted by atomic mass is 10.0. The number of nitrogens with one attached hydrogen (secondary N) is 1. The first-order chi connectivity index (χ1) is 20.8. The van der Waals surface area contributed by atoms with Crippen molar-refractivity contribution in [1.82, 2.24) is 23.8 Å². The van der Waals surface area contributed by atoms with Crippen LogP contribution in [0.3, 0.4) is 0 Å². The van der Waals surface area contributed by atoms with E-state index < -0.39 is 35.3 Å². The van der Waals surface area contributed by atoms with Gasteiger partial charge in [-0.15, -0.1) is 0 Å². The van der Waals surface area contributed by atoms with Crippen molar-refractivity contribution < 1.29 is 23.2 Å². The second-order valence-corrected chi connectivity index (χ2v) is 22.1. The van der Waals surface area contributed by atoms with E-state index in [-0.39, 0.29) is 12.8 Å². The number of fused-ring (bicyclic) bond motifs is 2. The van der Waals surface area contributed by atoms with Crippen molar-refractivity contribution in [2.45, 2.75) is 97.3 Å². The normalized spacial score (nSPS) is 13.6. The van der Waals surface area contributed by atoms with Gasteiger partial charge < -0.3 is 18.8 Å². The molecule has 3 heterocycles. The molecule has 0 radical (unpaired) electrons. The number of carbonyl (C=O) groups is 1. The van der Waals surface area contributed by atoms with Gasteiger partial charge in [0, 0.05) is 27.1 Å². The smallest absolute Gasteiger partial charge is 0.338 e. The molecule has 0 spiro atoms. The summed E-state index contributed by atoms with van der Waals surface area (Å²) < 4.78 is 37.3. The molecule has 4 rings (SSSR count). The molecular weight excluding hydrogens is 607 g/mol. The van der Waals surface area contributed by atoms with Crippen LogP contribution in [0.4, 0.5) is 0 Å². The van der Waals surface area contributed by atoms with E-state index >= 15 is 0 Å². The largest absolute Gasteiger partial charge is 0.494 e. The topological polar surface area (TPSA) is 110 Å². The van der Waals surface area contributed by atoms with E-state index in [1.54, 1.807) is 19.2 Å². The summed E-state index contributed by atoms with van der Waals surface area (Å²) in [6.45, 7) is 21.4. The number of hydrogen-bond acceptors (Lipinski definition) is 7. The summed E-state index contributed by atoms with van der Waals surface area (Å²) in [4.78, 5) is 22.9. The molecule has 1 atom stereocenters. The number of rotatable bonds is 12. The number of hydrogen-bond donors (Lipinski definition) is 1. The van der Waals surface area contributed by atoms with Crippen LogP contribution >= 0.6 is 0 Å². The number of esters is 1. The molecule has 45 heavy (non-hydrogen) atoms. The Labute approximate surface area is 270 Å². The molecular formula is C33H49N5O5SSi. The van der Waals surface area contributed by atoms with Gasteiger partial charge in [0.1, 0.15) is 23.6 Å². The van der Waals surface area contributed by atoms with Gasteiger partial charge in [-0.1, -0.05) is 19.6 Å². The highest BCUT2D eigenvalue weighted by molar-refractivity contribution is 7.84. The fourth-order valence-electron chi connectivity index (χ4n) is 4.86. The minimum Gasteiger partial charge on any atom is -0.494 e. The van der Waals surface area contributed by atoms with E-state index in [0.29, 0.717) is 29.3 Å². The summed E-state index contributed by atoms with van der Waals surface area (Å²) in [5.74, 6) is 0.776. The number of carbonyl (C=O) groups excluding carboxylic acids is 1. The van der Waals surface area contributed by atoms with Crippen molar-refractivity contribution in [3.8, 4) is 17.3 Å². The van der Waals surface area contributed by atoms with E-state index in [1.165, 1.54) is 0 Å². The van der Waals surface area contributed by atoms with Gasteiger partial charge in [-0.25, -0.2) is 23.7 Å². The van der Waals surface area contributed by atoms with Crippen LogP contribution in [0.15, 0.2) is 30.3 Å². The number of aryl methyl sites for hydroxylation is 1. The standard InChI is InChI=1S/C33H49N5O5SSi/c1-21(2)43-31(39)23-17-24-28(26(19-23)41-9)37(8)30(34-24)25-18-22-13-14-27(33(6,7)36-44(40)32(3,4)5)35-29(22)38(25)20-42-15-16-45(10,11)12/h13-14,17-19,21,36H,15-16,20H2,1-12H3/t44-/m0/s1. The number of ether oxygens (including phenoxy) is 3. The molecule has 0 bridgehead atoms. The minimum absolute atomic E-state index is 0.249. The van der Waals surface area contributed by atoms with Crippen LogP contribution in [-0.2, 0) is 39.8 Å². The molecule has 4 aromatic rings. The molecule has 0 saturated heterocycles. The van der Waals surface area contributed by atoms with Gasteiger partial charge in [0.15, 0.2) is 5.82 Å². The zero-order chi connectivity index (χ0) is 33.5. The maximum atomic E-state index is 13.0. The van der Waals surface area contributed by atoms with E-state index in [4.69, 9.17) is 24.2 Å². The fraction of sp³-hybridized carbons (Fsp3) is 0.545. The summed E-state index contributed by atoms with van der Waals surface area (Å²) in [5.41, 5.74) is 3.41. The second kappa shape index (κ2) is 13.0. The van der Waals surface area contributed by atoms with Crippen LogP contribution in [0.5, 0.6) is 5.75 Å². The van der Waals surface area contributed by atoms with Gasteiger partial charge in [-0.3, -0.25) is 4.57 Å². The Bertz CT molecular complexity index is 1730. The Morgan fingerprint density at radius 1 is 1.07 bits per heavy atom. The Morgan fingerprint density at radius 3 is 2.36 bits per heavy atom. The molecule has 0 saturated carbocycles. The summed E-state index contributed by atoms with van der Waals surface area (Å²) in [6.07, 6.45) is -0.249. The third kappa shape index (κ3) is 7.85. The highest BCUT2D eigenvalue weighted by atomic mass is 32.2. The number of imidazole rings is 1. The summed E-state index contributed by atoms with van der Waals surface area (Å²) in [6, 6.07) is 10.5. The summed E-state index contributed by atoms with van der Waals surface area (Å²) in [7, 11) is 0.928. The Balaban J connectivity index is 1.86. The van der Waals surface area contributed by atoms with E-state index in [9.17, 15) is 9.00 Å². The van der Waals surface area contributed by atoms with Crippen LogP contribution in [-0.4, -0.2) is 61.9 Å². The van der Waals surface area contributed by atoms with E-state index in [1.807, 2.05) is 76.8 Å². The van der Waals surface area contributed by atoms with Crippen LogP contribution in [0.1, 0.15) is 64.5 Å². The van der Waals surface area contributed by atoms with Gasteiger partial charge in [0.25, 0.3) is 0 Å². The predicted molar refractivity (Wildman–Crippen MR) is 185 cm³/mol. The highest BCUT2D eigenvalue weighted by Crippen LogP contribution is 2.35. The molecule has 10 nitrogen and oxygen atoms in total. The zero-order valence-electron chi connectivity index (χ0n) is 28.8. The van der Waals surface area contributed by atoms with Crippen molar-refractivity contribution in [3.05, 3.63) is 41.6 Å². The van der Waals surface area contributed by atoms with E-state index in [2.05, 4.69) is 30.4 Å². The molecule has 0 unspecified atom stereocenters. The lowest BCUT2D eigenvalue weighted by Crippen LogP contribution is -2.44. The van der Waals surface area contributed by atoms with Gasteiger partial charge >= 0.3 is 5.97 Å². The monoisotopic (exact) mass is 655 g/mol. The van der Waals surface area contributed by atoms with Gasteiger partial charge in [-0.2, -0.15) is 0 Å². The lowest BCUT2D eigenvalue weighted by Gasteiger charge is -2.29. The van der Waals surface area contributed by atoms with Crippen LogP contribution < -0.4 is 9.46 Å². The van der Waals surface area contributed by atoms with E-state index in [0.717, 1.165) is 34.0 Å². The van der Waals surface area contributed by atoms with Gasteiger partial charge in [-0.05, 0) is 84.8 Å². The molecule has 12 heteroatoms. The van der Waals surface area contributed by atoms with Crippen molar-refractivity contribution in [1.29, 1.82) is 0 Å². The number of aromatic nitrogens is 4. The zero-order valence-corrected chi connectivity index (χ0v) is 30.6. The molecule has 0 aliphatic heterocycles. The van der Waals surface area contributed by atoms with Crippen molar-refractivity contribution >= 4 is 47.1 Å². The first-order valence-corrected chi connectivity index (χ1v) is 20.2. The molecule has 0 aliphatic carbocycles. The minimum atomic E-state index is -1.30. The predicted octanol–water partition coefficient (Wildman–Crippen LogP) is 6.76. The average Bonchev–Trinajstić information content (AvgIpc) is 3.45. The molecule has 3 aromatic heterocycles. The quantitative estimate of drug-likeness (QED) is 0.102. The van der Waals surface area contributed by atoms with Crippen molar-refractivity contribution in [3.63, 3.8) is 0 Å². The number of pyridine rings is 1. The average molecular weight is 656 g/mol. The van der Waals surface area contributed by atoms with Crippen LogP contribution in [0, 0.1) is 0 Å². The maximum Gasteiger partial charge on any atom is 0.338 e.